The summed E-state index contributed by atoms with van der Waals surface area (Å²) in [5, 5.41) is 3.31. The fraction of sp³-hybridized carbons (Fsp3) is 0.562. The number of aryl methyl sites for hydroxylation is 2. The first kappa shape index (κ1) is 14.1. The average Bonchev–Trinajstić information content (AvgIpc) is 2.52. The van der Waals surface area contributed by atoms with E-state index in [0.717, 1.165) is 25.2 Å². The zero-order chi connectivity index (χ0) is 14.0. The Balaban J connectivity index is 2.45. The van der Waals surface area contributed by atoms with E-state index in [-0.39, 0.29) is 11.9 Å². The zero-order valence-electron chi connectivity index (χ0n) is 12.4. The molecule has 0 aliphatic carbocycles. The summed E-state index contributed by atoms with van der Waals surface area (Å²) < 4.78 is 0. The standard InChI is InChI=1S/C16H24N2O/c1-5-14-8-6-7-12(3)15(14)18-10-11(2)9-17-13(4)16(18)19/h6-8,11,13,17H,5,9-10H2,1-4H3. The maximum atomic E-state index is 12.6. The SMILES string of the molecule is CCc1cccc(C)c1N1CC(C)CNC(C)C1=O. The second kappa shape index (κ2) is 5.74. The third-order valence-electron chi connectivity index (χ3n) is 3.88. The van der Waals surface area contributed by atoms with E-state index in [1.54, 1.807) is 0 Å². The largest absolute Gasteiger partial charge is 0.310 e. The van der Waals surface area contributed by atoms with Crippen LogP contribution in [0.15, 0.2) is 18.2 Å². The summed E-state index contributed by atoms with van der Waals surface area (Å²) in [7, 11) is 0. The maximum absolute atomic E-state index is 12.6. The molecule has 1 aliphatic heterocycles. The molecule has 1 fully saturated rings. The van der Waals surface area contributed by atoms with Gasteiger partial charge in [0.2, 0.25) is 5.91 Å². The topological polar surface area (TPSA) is 32.3 Å². The lowest BCUT2D eigenvalue weighted by molar-refractivity contribution is -0.119. The highest BCUT2D eigenvalue weighted by Crippen LogP contribution is 2.28. The van der Waals surface area contributed by atoms with Crippen LogP contribution in [0.1, 0.15) is 31.9 Å². The third kappa shape index (κ3) is 2.81. The molecular weight excluding hydrogens is 236 g/mol. The van der Waals surface area contributed by atoms with Gasteiger partial charge in [-0.1, -0.05) is 32.0 Å². The number of nitrogens with zero attached hydrogens (tertiary/aromatic N) is 1. The first-order chi connectivity index (χ1) is 9.04. The van der Waals surface area contributed by atoms with Crippen LogP contribution >= 0.6 is 0 Å². The average molecular weight is 260 g/mol. The monoisotopic (exact) mass is 260 g/mol. The van der Waals surface area contributed by atoms with Crippen molar-refractivity contribution in [1.82, 2.24) is 5.32 Å². The number of nitrogens with one attached hydrogen (secondary N) is 1. The van der Waals surface area contributed by atoms with Crippen molar-refractivity contribution in [2.75, 3.05) is 18.0 Å². The van der Waals surface area contributed by atoms with Gasteiger partial charge >= 0.3 is 0 Å². The van der Waals surface area contributed by atoms with Gasteiger partial charge < -0.3 is 10.2 Å². The number of rotatable bonds is 2. The van der Waals surface area contributed by atoms with E-state index in [9.17, 15) is 4.79 Å². The second-order valence-electron chi connectivity index (χ2n) is 5.62. The highest BCUT2D eigenvalue weighted by Gasteiger charge is 2.29. The Hall–Kier alpha value is -1.35. The Morgan fingerprint density at radius 2 is 2.11 bits per heavy atom. The molecule has 3 nitrogen and oxygen atoms in total. The quantitative estimate of drug-likeness (QED) is 0.886. The molecule has 0 spiro atoms. The molecule has 1 heterocycles. The molecular formula is C16H24N2O. The number of hydrogen-bond donors (Lipinski definition) is 1. The van der Waals surface area contributed by atoms with Crippen LogP contribution in [0.3, 0.4) is 0 Å². The van der Waals surface area contributed by atoms with Gasteiger partial charge in [-0.15, -0.1) is 0 Å². The van der Waals surface area contributed by atoms with Crippen molar-refractivity contribution in [1.29, 1.82) is 0 Å². The van der Waals surface area contributed by atoms with Crippen LogP contribution in [0.25, 0.3) is 0 Å². The van der Waals surface area contributed by atoms with Crippen molar-refractivity contribution in [2.45, 2.75) is 40.2 Å². The summed E-state index contributed by atoms with van der Waals surface area (Å²) in [5.41, 5.74) is 3.57. The van der Waals surface area contributed by atoms with Crippen molar-refractivity contribution >= 4 is 11.6 Å². The van der Waals surface area contributed by atoms with Gasteiger partial charge in [-0.05, 0) is 37.3 Å². The van der Waals surface area contributed by atoms with Crippen LogP contribution in [0, 0.1) is 12.8 Å². The zero-order valence-corrected chi connectivity index (χ0v) is 12.4. The number of anilines is 1. The minimum atomic E-state index is -0.103. The fourth-order valence-corrected chi connectivity index (χ4v) is 2.76. The van der Waals surface area contributed by atoms with E-state index in [2.05, 4.69) is 44.3 Å². The third-order valence-corrected chi connectivity index (χ3v) is 3.88. The number of para-hydroxylation sites is 1. The lowest BCUT2D eigenvalue weighted by Gasteiger charge is -2.28. The predicted octanol–water partition coefficient (Wildman–Crippen LogP) is 2.52. The molecule has 0 aromatic heterocycles. The lowest BCUT2D eigenvalue weighted by atomic mass is 10.0. The van der Waals surface area contributed by atoms with Crippen molar-refractivity contribution in [3.05, 3.63) is 29.3 Å². The van der Waals surface area contributed by atoms with E-state index in [0.29, 0.717) is 5.92 Å². The van der Waals surface area contributed by atoms with Gasteiger partial charge in [-0.3, -0.25) is 4.79 Å². The molecule has 0 bridgehead atoms. The Morgan fingerprint density at radius 3 is 2.79 bits per heavy atom. The van der Waals surface area contributed by atoms with Gasteiger partial charge in [0.25, 0.3) is 0 Å². The molecule has 0 radical (unpaired) electrons. The summed E-state index contributed by atoms with van der Waals surface area (Å²) in [4.78, 5) is 14.6. The molecule has 3 heteroatoms. The van der Waals surface area contributed by atoms with Gasteiger partial charge in [0.15, 0.2) is 0 Å². The Bertz CT molecular complexity index is 470. The highest BCUT2D eigenvalue weighted by molar-refractivity contribution is 5.98. The number of carbonyl (C=O) groups is 1. The number of hydrogen-bond acceptors (Lipinski definition) is 2. The molecule has 2 rings (SSSR count). The molecule has 1 aliphatic rings. The van der Waals surface area contributed by atoms with Crippen molar-refractivity contribution in [3.63, 3.8) is 0 Å². The summed E-state index contributed by atoms with van der Waals surface area (Å²) in [5.74, 6) is 0.659. The molecule has 104 valence electrons. The molecule has 2 unspecified atom stereocenters. The van der Waals surface area contributed by atoms with Gasteiger partial charge in [0, 0.05) is 18.8 Å². The first-order valence-electron chi connectivity index (χ1n) is 7.17. The van der Waals surface area contributed by atoms with Crippen molar-refractivity contribution in [2.24, 2.45) is 5.92 Å². The summed E-state index contributed by atoms with van der Waals surface area (Å²) >= 11 is 0. The minimum Gasteiger partial charge on any atom is -0.310 e. The highest BCUT2D eigenvalue weighted by atomic mass is 16.2. The molecule has 1 aromatic carbocycles. The smallest absolute Gasteiger partial charge is 0.243 e. The van der Waals surface area contributed by atoms with E-state index >= 15 is 0 Å². The molecule has 1 aromatic rings. The lowest BCUT2D eigenvalue weighted by Crippen LogP contribution is -2.42. The van der Waals surface area contributed by atoms with Gasteiger partial charge in [-0.2, -0.15) is 0 Å². The van der Waals surface area contributed by atoms with Gasteiger partial charge in [0.05, 0.1) is 6.04 Å². The molecule has 1 amide bonds. The Labute approximate surface area is 116 Å². The second-order valence-corrected chi connectivity index (χ2v) is 5.62. The Kier molecular flexibility index (Phi) is 4.25. The maximum Gasteiger partial charge on any atom is 0.243 e. The normalized spacial score (nSPS) is 24.4. The Morgan fingerprint density at radius 1 is 1.37 bits per heavy atom. The van der Waals surface area contributed by atoms with E-state index < -0.39 is 0 Å². The van der Waals surface area contributed by atoms with Crippen molar-refractivity contribution in [3.8, 4) is 0 Å². The minimum absolute atomic E-state index is 0.103. The number of carbonyl (C=O) groups excluding carboxylic acids is 1. The van der Waals surface area contributed by atoms with Crippen LogP contribution in [-0.4, -0.2) is 25.0 Å². The van der Waals surface area contributed by atoms with Gasteiger partial charge in [0.1, 0.15) is 0 Å². The molecule has 1 saturated heterocycles. The molecule has 0 saturated carbocycles. The number of amides is 1. The van der Waals surface area contributed by atoms with Gasteiger partial charge in [-0.25, -0.2) is 0 Å². The number of benzene rings is 1. The van der Waals surface area contributed by atoms with Crippen molar-refractivity contribution < 1.29 is 4.79 Å². The first-order valence-corrected chi connectivity index (χ1v) is 7.17. The predicted molar refractivity (Wildman–Crippen MR) is 79.5 cm³/mol. The van der Waals surface area contributed by atoms with E-state index in [1.807, 2.05) is 11.8 Å². The van der Waals surface area contributed by atoms with Crippen LogP contribution in [0.4, 0.5) is 5.69 Å². The molecule has 2 atom stereocenters. The van der Waals surface area contributed by atoms with Crippen LogP contribution in [0.5, 0.6) is 0 Å². The van der Waals surface area contributed by atoms with Crippen LogP contribution < -0.4 is 10.2 Å². The summed E-state index contributed by atoms with van der Waals surface area (Å²) in [6.07, 6.45) is 0.955. The molecule has 1 N–H and O–H groups in total. The molecule has 19 heavy (non-hydrogen) atoms. The van der Waals surface area contributed by atoms with E-state index in [4.69, 9.17) is 0 Å². The summed E-state index contributed by atoms with van der Waals surface area (Å²) in [6.45, 7) is 10.1. The van der Waals surface area contributed by atoms with Crippen LogP contribution in [-0.2, 0) is 11.2 Å². The fourth-order valence-electron chi connectivity index (χ4n) is 2.76. The van der Waals surface area contributed by atoms with E-state index in [1.165, 1.54) is 11.1 Å². The van der Waals surface area contributed by atoms with Crippen LogP contribution in [0.2, 0.25) is 0 Å². The summed E-state index contributed by atoms with van der Waals surface area (Å²) in [6, 6.07) is 6.19.